The van der Waals surface area contributed by atoms with Crippen molar-refractivity contribution < 1.29 is 13.9 Å². The second-order valence-corrected chi connectivity index (χ2v) is 9.11. The minimum Gasteiger partial charge on any atom is -0.473 e. The average molecular weight is 465 g/mol. The van der Waals surface area contributed by atoms with Crippen LogP contribution in [0.3, 0.4) is 0 Å². The van der Waals surface area contributed by atoms with Crippen LogP contribution in [0.25, 0.3) is 0 Å². The molecule has 1 aromatic carbocycles. The predicted molar refractivity (Wildman–Crippen MR) is 126 cm³/mol. The highest BCUT2D eigenvalue weighted by atomic mass is 19.1. The van der Waals surface area contributed by atoms with Crippen LogP contribution in [-0.4, -0.2) is 66.7 Å². The quantitative estimate of drug-likeness (QED) is 0.473. The van der Waals surface area contributed by atoms with Gasteiger partial charge in [0, 0.05) is 43.4 Å². The zero-order valence-corrected chi connectivity index (χ0v) is 19.1. The van der Waals surface area contributed by atoms with Crippen LogP contribution in [0.2, 0.25) is 0 Å². The van der Waals surface area contributed by atoms with E-state index in [0.717, 1.165) is 44.8 Å². The van der Waals surface area contributed by atoms with Gasteiger partial charge in [-0.05, 0) is 37.5 Å². The Labute approximate surface area is 198 Å². The monoisotopic (exact) mass is 464 g/mol. The van der Waals surface area contributed by atoms with Gasteiger partial charge in [0.1, 0.15) is 24.1 Å². The molecule has 2 aromatic rings. The molecule has 8 nitrogen and oxygen atoms in total. The van der Waals surface area contributed by atoms with Gasteiger partial charge in [-0.15, -0.1) is 0 Å². The van der Waals surface area contributed by atoms with Gasteiger partial charge in [0.05, 0.1) is 30.8 Å². The number of aliphatic imine (C=N–C) groups is 1. The fraction of sp³-hybridized carbons (Fsp3) is 0.480. The number of pyridine rings is 1. The van der Waals surface area contributed by atoms with Crippen molar-refractivity contribution in [2.24, 2.45) is 10.7 Å². The molecule has 3 fully saturated rings. The number of hydrogen-bond acceptors (Lipinski definition) is 7. The van der Waals surface area contributed by atoms with E-state index in [0.29, 0.717) is 42.5 Å². The summed E-state index contributed by atoms with van der Waals surface area (Å²) in [6.45, 7) is 4.09. The Morgan fingerprint density at radius 1 is 1.29 bits per heavy atom. The number of ether oxygens (including phenoxy) is 2. The van der Waals surface area contributed by atoms with E-state index >= 15 is 0 Å². The molecule has 9 heteroatoms. The molecule has 5 rings (SSSR count). The van der Waals surface area contributed by atoms with Crippen molar-refractivity contribution in [2.45, 2.75) is 44.1 Å². The summed E-state index contributed by atoms with van der Waals surface area (Å²) >= 11 is 0. The average Bonchev–Trinajstić information content (AvgIpc) is 3.17. The highest BCUT2D eigenvalue weighted by Crippen LogP contribution is 2.33. The summed E-state index contributed by atoms with van der Waals surface area (Å²) in [5, 5.41) is 8.89. The van der Waals surface area contributed by atoms with E-state index in [-0.39, 0.29) is 18.3 Å². The van der Waals surface area contributed by atoms with Crippen LogP contribution >= 0.6 is 0 Å². The molecule has 3 saturated heterocycles. The molecule has 34 heavy (non-hydrogen) atoms. The fourth-order valence-electron chi connectivity index (χ4n) is 4.85. The Hall–Kier alpha value is -3.22. The Morgan fingerprint density at radius 3 is 2.94 bits per heavy atom. The Balaban J connectivity index is 1.19. The number of nitrogens with two attached hydrogens (primary N) is 1. The van der Waals surface area contributed by atoms with Crippen molar-refractivity contribution in [1.29, 1.82) is 5.26 Å². The third-order valence-corrected chi connectivity index (χ3v) is 6.88. The lowest BCUT2D eigenvalue weighted by Crippen LogP contribution is -2.45. The third-order valence-electron chi connectivity index (χ3n) is 6.88. The van der Waals surface area contributed by atoms with E-state index in [9.17, 15) is 4.39 Å². The van der Waals surface area contributed by atoms with Gasteiger partial charge in [-0.2, -0.15) is 10.2 Å². The smallest absolute Gasteiger partial charge is 0.215 e. The molecule has 2 bridgehead atoms. The number of likely N-dealkylation sites (tertiary alicyclic amines) is 1. The maximum Gasteiger partial charge on any atom is 0.215 e. The minimum atomic E-state index is -0.452. The normalized spacial score (nSPS) is 24.5. The number of halogens is 1. The molecule has 3 aliphatic rings. The first kappa shape index (κ1) is 22.6. The van der Waals surface area contributed by atoms with Crippen LogP contribution in [0, 0.1) is 17.1 Å². The summed E-state index contributed by atoms with van der Waals surface area (Å²) in [7, 11) is 0. The van der Waals surface area contributed by atoms with Gasteiger partial charge < -0.3 is 20.1 Å². The lowest BCUT2D eigenvalue weighted by atomic mass is 10.0. The van der Waals surface area contributed by atoms with Crippen LogP contribution in [0.1, 0.15) is 30.4 Å². The van der Waals surface area contributed by atoms with Crippen molar-refractivity contribution in [3.63, 3.8) is 0 Å². The van der Waals surface area contributed by atoms with E-state index in [1.807, 2.05) is 18.2 Å². The number of amidine groups is 1. The van der Waals surface area contributed by atoms with Gasteiger partial charge >= 0.3 is 0 Å². The Morgan fingerprint density at radius 2 is 2.18 bits per heavy atom. The summed E-state index contributed by atoms with van der Waals surface area (Å²) in [5.74, 6) is 1.55. The number of hydrogen-bond donors (Lipinski definition) is 1. The van der Waals surface area contributed by atoms with Crippen molar-refractivity contribution >= 4 is 11.7 Å². The summed E-state index contributed by atoms with van der Waals surface area (Å²) in [6.07, 6.45) is 3.42. The second kappa shape index (κ2) is 9.95. The molecule has 178 valence electrons. The molecule has 0 spiro atoms. The highest BCUT2D eigenvalue weighted by molar-refractivity contribution is 5.82. The van der Waals surface area contributed by atoms with Crippen LogP contribution in [0.4, 0.5) is 10.2 Å². The molecular weight excluding hydrogens is 435 g/mol. The van der Waals surface area contributed by atoms with Gasteiger partial charge in [0.15, 0.2) is 0 Å². The summed E-state index contributed by atoms with van der Waals surface area (Å²) in [5.41, 5.74) is 6.88. The summed E-state index contributed by atoms with van der Waals surface area (Å²) in [4.78, 5) is 14.0. The van der Waals surface area contributed by atoms with Crippen LogP contribution < -0.4 is 15.4 Å². The first-order chi connectivity index (χ1) is 16.6. The van der Waals surface area contributed by atoms with Gasteiger partial charge in [-0.25, -0.2) is 4.39 Å². The van der Waals surface area contributed by atoms with Crippen molar-refractivity contribution in [2.75, 3.05) is 37.7 Å². The first-order valence-electron chi connectivity index (χ1n) is 11.8. The predicted octanol–water partition coefficient (Wildman–Crippen LogP) is 2.47. The van der Waals surface area contributed by atoms with E-state index in [4.69, 9.17) is 25.5 Å². The van der Waals surface area contributed by atoms with E-state index in [1.165, 1.54) is 6.07 Å². The van der Waals surface area contributed by atoms with Gasteiger partial charge in [-0.1, -0.05) is 12.1 Å². The van der Waals surface area contributed by atoms with Crippen LogP contribution in [-0.2, 0) is 11.3 Å². The zero-order valence-electron chi connectivity index (χ0n) is 19.1. The SMILES string of the molecule is N#Cc1ccc(COc2cccc(N3C[C@@H]4C[C@H]3CCN4CC(N)=NC[C@@H]3CCO3)n2)c(F)c1. The number of benzene rings is 1. The molecule has 3 atom stereocenters. The highest BCUT2D eigenvalue weighted by Gasteiger charge is 2.40. The molecule has 3 aliphatic heterocycles. The molecule has 4 heterocycles. The number of nitrogens with zero attached hydrogens (tertiary/aromatic N) is 5. The molecular formula is C25H29FN6O2. The number of anilines is 1. The molecule has 0 unspecified atom stereocenters. The van der Waals surface area contributed by atoms with Crippen molar-refractivity contribution in [3.05, 3.63) is 53.3 Å². The van der Waals surface area contributed by atoms with E-state index in [2.05, 4.69) is 14.8 Å². The Bertz CT molecular complexity index is 1100. The molecule has 0 saturated carbocycles. The Kier molecular flexibility index (Phi) is 6.61. The summed E-state index contributed by atoms with van der Waals surface area (Å²) < 4.78 is 25.4. The number of aromatic nitrogens is 1. The van der Waals surface area contributed by atoms with Gasteiger partial charge in [0.2, 0.25) is 5.88 Å². The van der Waals surface area contributed by atoms with Gasteiger partial charge in [0.25, 0.3) is 0 Å². The number of fused-ring (bicyclic) bond motifs is 2. The largest absolute Gasteiger partial charge is 0.473 e. The fourth-order valence-corrected chi connectivity index (χ4v) is 4.85. The maximum absolute atomic E-state index is 14.2. The topological polar surface area (TPSA) is 100 Å². The van der Waals surface area contributed by atoms with Crippen LogP contribution in [0.5, 0.6) is 5.88 Å². The minimum absolute atomic E-state index is 0.0539. The number of piperidine rings is 1. The second-order valence-electron chi connectivity index (χ2n) is 9.11. The lowest BCUT2D eigenvalue weighted by Gasteiger charge is -2.32. The molecule has 0 radical (unpaired) electrons. The molecule has 1 aromatic heterocycles. The van der Waals surface area contributed by atoms with Crippen molar-refractivity contribution in [3.8, 4) is 11.9 Å². The number of nitriles is 1. The maximum atomic E-state index is 14.2. The number of rotatable bonds is 8. The molecule has 0 amide bonds. The lowest BCUT2D eigenvalue weighted by molar-refractivity contribution is -0.0432. The zero-order chi connectivity index (χ0) is 23.5. The van der Waals surface area contributed by atoms with E-state index in [1.54, 1.807) is 18.2 Å². The van der Waals surface area contributed by atoms with Crippen molar-refractivity contribution in [1.82, 2.24) is 9.88 Å². The third kappa shape index (κ3) is 4.98. The standard InChI is InChI=1S/C25H29FN6O2/c26-22-10-17(12-27)4-5-18(22)16-34-25-3-1-2-24(30-25)32-14-20-11-19(32)6-8-31(20)15-23(28)29-13-21-7-9-33-21/h1-5,10,19-21H,6-9,11,13-16H2,(H2,28,29)/t19-,20+,21+/m1/s1. The molecule has 2 N–H and O–H groups in total. The summed E-state index contributed by atoms with van der Waals surface area (Å²) in [6, 6.07) is 12.8. The van der Waals surface area contributed by atoms with E-state index < -0.39 is 5.82 Å². The first-order valence-corrected chi connectivity index (χ1v) is 11.8. The van der Waals surface area contributed by atoms with Crippen LogP contribution in [0.15, 0.2) is 41.4 Å². The van der Waals surface area contributed by atoms with Gasteiger partial charge in [-0.3, -0.25) is 9.89 Å². The molecule has 0 aliphatic carbocycles.